The second kappa shape index (κ2) is 7.74. The van der Waals surface area contributed by atoms with E-state index in [9.17, 15) is 4.79 Å². The Morgan fingerprint density at radius 1 is 1.42 bits per heavy atom. The summed E-state index contributed by atoms with van der Waals surface area (Å²) in [5, 5.41) is 6.19. The smallest absolute Gasteiger partial charge is 0.253 e. The molecule has 1 rings (SSSR count). The highest BCUT2D eigenvalue weighted by atomic mass is 16.1. The molecule has 0 saturated carbocycles. The SMILES string of the molecule is CCC(C)NC(=O)c1cncc(NCCN(C)C)c1. The van der Waals surface area contributed by atoms with Crippen molar-refractivity contribution in [2.45, 2.75) is 26.3 Å². The van der Waals surface area contributed by atoms with Crippen molar-refractivity contribution in [3.8, 4) is 0 Å². The molecular weight excluding hydrogens is 240 g/mol. The van der Waals surface area contributed by atoms with E-state index in [4.69, 9.17) is 0 Å². The molecule has 0 aliphatic heterocycles. The molecule has 0 aliphatic carbocycles. The summed E-state index contributed by atoms with van der Waals surface area (Å²) in [7, 11) is 4.05. The highest BCUT2D eigenvalue weighted by Crippen LogP contribution is 2.08. The number of carbonyl (C=O) groups is 1. The van der Waals surface area contributed by atoms with Gasteiger partial charge in [0.05, 0.1) is 11.3 Å². The molecule has 1 aromatic rings. The highest BCUT2D eigenvalue weighted by molar-refractivity contribution is 5.94. The molecular formula is C14H24N4O. The topological polar surface area (TPSA) is 57.3 Å². The molecule has 5 heteroatoms. The summed E-state index contributed by atoms with van der Waals surface area (Å²) in [6, 6.07) is 2.01. The summed E-state index contributed by atoms with van der Waals surface area (Å²) in [6.07, 6.45) is 4.24. The van der Waals surface area contributed by atoms with E-state index >= 15 is 0 Å². The van der Waals surface area contributed by atoms with Gasteiger partial charge >= 0.3 is 0 Å². The number of amides is 1. The van der Waals surface area contributed by atoms with E-state index in [0.717, 1.165) is 25.2 Å². The third-order valence-electron chi connectivity index (χ3n) is 2.88. The Labute approximate surface area is 115 Å². The van der Waals surface area contributed by atoms with Gasteiger partial charge in [-0.1, -0.05) is 6.92 Å². The average Bonchev–Trinajstić information content (AvgIpc) is 2.38. The van der Waals surface area contributed by atoms with Crippen molar-refractivity contribution in [2.75, 3.05) is 32.5 Å². The van der Waals surface area contributed by atoms with Gasteiger partial charge in [-0.25, -0.2) is 0 Å². The van der Waals surface area contributed by atoms with Crippen LogP contribution in [0.5, 0.6) is 0 Å². The van der Waals surface area contributed by atoms with Gasteiger partial charge in [-0.2, -0.15) is 0 Å². The molecule has 1 atom stereocenters. The number of rotatable bonds is 7. The molecule has 0 spiro atoms. The zero-order chi connectivity index (χ0) is 14.3. The van der Waals surface area contributed by atoms with E-state index in [1.807, 2.05) is 34.0 Å². The van der Waals surface area contributed by atoms with E-state index in [-0.39, 0.29) is 11.9 Å². The lowest BCUT2D eigenvalue weighted by atomic mass is 10.2. The summed E-state index contributed by atoms with van der Waals surface area (Å²) in [4.78, 5) is 18.2. The quantitative estimate of drug-likeness (QED) is 0.785. The lowest BCUT2D eigenvalue weighted by Gasteiger charge is -2.13. The maximum Gasteiger partial charge on any atom is 0.253 e. The number of aromatic nitrogens is 1. The lowest BCUT2D eigenvalue weighted by Crippen LogP contribution is -2.32. The molecule has 2 N–H and O–H groups in total. The van der Waals surface area contributed by atoms with E-state index < -0.39 is 0 Å². The van der Waals surface area contributed by atoms with Crippen molar-refractivity contribution in [3.05, 3.63) is 24.0 Å². The Morgan fingerprint density at radius 2 is 2.16 bits per heavy atom. The van der Waals surface area contributed by atoms with Gasteiger partial charge in [0.15, 0.2) is 0 Å². The van der Waals surface area contributed by atoms with Gasteiger partial charge in [0, 0.05) is 31.5 Å². The van der Waals surface area contributed by atoms with Gasteiger partial charge in [-0.3, -0.25) is 9.78 Å². The number of hydrogen-bond acceptors (Lipinski definition) is 4. The highest BCUT2D eigenvalue weighted by Gasteiger charge is 2.09. The van der Waals surface area contributed by atoms with Crippen LogP contribution in [-0.4, -0.2) is 49.0 Å². The predicted octanol–water partition coefficient (Wildman–Crippen LogP) is 1.58. The molecule has 0 saturated heterocycles. The minimum absolute atomic E-state index is 0.0712. The minimum atomic E-state index is -0.0712. The number of carbonyl (C=O) groups excluding carboxylic acids is 1. The second-order valence-corrected chi connectivity index (χ2v) is 4.98. The summed E-state index contributed by atoms with van der Waals surface area (Å²) in [5.74, 6) is -0.0712. The third-order valence-corrected chi connectivity index (χ3v) is 2.88. The number of nitrogens with one attached hydrogen (secondary N) is 2. The molecule has 0 aliphatic rings. The van der Waals surface area contributed by atoms with E-state index in [1.165, 1.54) is 0 Å². The van der Waals surface area contributed by atoms with Crippen LogP contribution in [0.2, 0.25) is 0 Å². The molecule has 19 heavy (non-hydrogen) atoms. The Kier molecular flexibility index (Phi) is 6.29. The summed E-state index contributed by atoms with van der Waals surface area (Å²) in [5.41, 5.74) is 1.47. The van der Waals surface area contributed by atoms with Crippen LogP contribution in [0.3, 0.4) is 0 Å². The zero-order valence-corrected chi connectivity index (χ0v) is 12.2. The minimum Gasteiger partial charge on any atom is -0.382 e. The van der Waals surface area contributed by atoms with E-state index in [1.54, 1.807) is 12.4 Å². The lowest BCUT2D eigenvalue weighted by molar-refractivity contribution is 0.0939. The molecule has 0 bridgehead atoms. The molecule has 106 valence electrons. The van der Waals surface area contributed by atoms with Crippen LogP contribution in [-0.2, 0) is 0 Å². The summed E-state index contributed by atoms with van der Waals surface area (Å²) < 4.78 is 0. The fourth-order valence-electron chi connectivity index (χ4n) is 1.49. The number of pyridine rings is 1. The molecule has 0 fully saturated rings. The van der Waals surface area contributed by atoms with Crippen LogP contribution in [0.25, 0.3) is 0 Å². The number of anilines is 1. The fourth-order valence-corrected chi connectivity index (χ4v) is 1.49. The molecule has 1 amide bonds. The number of likely N-dealkylation sites (N-methyl/N-ethyl adjacent to an activating group) is 1. The third kappa shape index (κ3) is 5.70. The van der Waals surface area contributed by atoms with Gasteiger partial charge in [0.25, 0.3) is 5.91 Å². The Balaban J connectivity index is 2.58. The molecule has 5 nitrogen and oxygen atoms in total. The molecule has 1 heterocycles. The van der Waals surface area contributed by atoms with Gasteiger partial charge < -0.3 is 15.5 Å². The van der Waals surface area contributed by atoms with E-state index in [0.29, 0.717) is 5.56 Å². The largest absolute Gasteiger partial charge is 0.382 e. The van der Waals surface area contributed by atoms with Crippen molar-refractivity contribution in [3.63, 3.8) is 0 Å². The first-order valence-corrected chi connectivity index (χ1v) is 6.67. The summed E-state index contributed by atoms with van der Waals surface area (Å²) in [6.45, 7) is 5.79. The van der Waals surface area contributed by atoms with Crippen LogP contribution >= 0.6 is 0 Å². The fraction of sp³-hybridized carbons (Fsp3) is 0.571. The van der Waals surface area contributed by atoms with Crippen LogP contribution < -0.4 is 10.6 Å². The van der Waals surface area contributed by atoms with Crippen molar-refractivity contribution in [1.82, 2.24) is 15.2 Å². The van der Waals surface area contributed by atoms with Crippen LogP contribution in [0.1, 0.15) is 30.6 Å². The monoisotopic (exact) mass is 264 g/mol. The van der Waals surface area contributed by atoms with E-state index in [2.05, 4.69) is 20.5 Å². The van der Waals surface area contributed by atoms with Crippen LogP contribution in [0.4, 0.5) is 5.69 Å². The van der Waals surface area contributed by atoms with Gasteiger partial charge in [0.2, 0.25) is 0 Å². The average molecular weight is 264 g/mol. The van der Waals surface area contributed by atoms with Gasteiger partial charge in [-0.15, -0.1) is 0 Å². The van der Waals surface area contributed by atoms with Crippen LogP contribution in [0.15, 0.2) is 18.5 Å². The second-order valence-electron chi connectivity index (χ2n) is 4.98. The first-order valence-electron chi connectivity index (χ1n) is 6.67. The van der Waals surface area contributed by atoms with Gasteiger partial charge in [0.1, 0.15) is 0 Å². The normalized spacial score (nSPS) is 12.3. The van der Waals surface area contributed by atoms with Crippen molar-refractivity contribution < 1.29 is 4.79 Å². The maximum absolute atomic E-state index is 12.0. The Hall–Kier alpha value is -1.62. The first-order chi connectivity index (χ1) is 9.02. The standard InChI is InChI=1S/C14H24N4O/c1-5-11(2)17-14(19)12-8-13(10-15-9-12)16-6-7-18(3)4/h8-11,16H,5-7H2,1-4H3,(H,17,19). The summed E-state index contributed by atoms with van der Waals surface area (Å²) >= 11 is 0. The van der Waals surface area contributed by atoms with Crippen LogP contribution in [0, 0.1) is 0 Å². The number of hydrogen-bond donors (Lipinski definition) is 2. The van der Waals surface area contributed by atoms with Crippen molar-refractivity contribution in [1.29, 1.82) is 0 Å². The molecule has 1 unspecified atom stereocenters. The van der Waals surface area contributed by atoms with Gasteiger partial charge in [-0.05, 0) is 33.5 Å². The zero-order valence-electron chi connectivity index (χ0n) is 12.2. The molecule has 1 aromatic heterocycles. The van der Waals surface area contributed by atoms with Crippen molar-refractivity contribution in [2.24, 2.45) is 0 Å². The first kappa shape index (κ1) is 15.4. The Morgan fingerprint density at radius 3 is 2.79 bits per heavy atom. The Bertz CT molecular complexity index is 406. The maximum atomic E-state index is 12.0. The molecule has 0 radical (unpaired) electrons. The predicted molar refractivity (Wildman–Crippen MR) is 78.5 cm³/mol. The molecule has 0 aromatic carbocycles. The van der Waals surface area contributed by atoms with Crippen molar-refractivity contribution >= 4 is 11.6 Å². The number of nitrogens with zero attached hydrogens (tertiary/aromatic N) is 2.